The summed E-state index contributed by atoms with van der Waals surface area (Å²) in [6, 6.07) is 7.82. The van der Waals surface area contributed by atoms with Gasteiger partial charge in [-0.2, -0.15) is 0 Å². The van der Waals surface area contributed by atoms with E-state index in [9.17, 15) is 0 Å². The van der Waals surface area contributed by atoms with E-state index in [-0.39, 0.29) is 6.04 Å². The molecule has 1 unspecified atom stereocenters. The molecular formula is C12H14BrN3S. The molecule has 0 radical (unpaired) electrons. The SMILES string of the molecule is Cc1ccsc1C(NN)c1cc(Br)ccc1N. The lowest BCUT2D eigenvalue weighted by atomic mass is 10.0. The lowest BCUT2D eigenvalue weighted by Crippen LogP contribution is -2.29. The highest BCUT2D eigenvalue weighted by molar-refractivity contribution is 9.10. The fourth-order valence-electron chi connectivity index (χ4n) is 1.78. The van der Waals surface area contributed by atoms with Crippen molar-refractivity contribution in [2.75, 3.05) is 5.73 Å². The standard InChI is InChI=1S/C12H14BrN3S/c1-7-4-5-17-12(7)11(16-15)9-6-8(13)2-3-10(9)14/h2-6,11,16H,14-15H2,1H3. The molecule has 90 valence electrons. The molecule has 2 rings (SSSR count). The van der Waals surface area contributed by atoms with E-state index in [1.165, 1.54) is 10.4 Å². The summed E-state index contributed by atoms with van der Waals surface area (Å²) in [5.41, 5.74) is 11.8. The molecule has 3 nitrogen and oxygen atoms in total. The second-order valence-corrected chi connectivity index (χ2v) is 5.70. The minimum Gasteiger partial charge on any atom is -0.398 e. The maximum atomic E-state index is 6.01. The molecular weight excluding hydrogens is 298 g/mol. The minimum atomic E-state index is -0.0625. The molecule has 5 heteroatoms. The Morgan fingerprint density at radius 1 is 1.35 bits per heavy atom. The molecule has 2 aromatic rings. The Labute approximate surface area is 113 Å². The molecule has 0 saturated heterocycles. The summed E-state index contributed by atoms with van der Waals surface area (Å²) in [7, 11) is 0. The zero-order valence-corrected chi connectivity index (χ0v) is 11.8. The molecule has 5 N–H and O–H groups in total. The van der Waals surface area contributed by atoms with Crippen LogP contribution in [0.1, 0.15) is 22.0 Å². The molecule has 0 fully saturated rings. The Balaban J connectivity index is 2.49. The molecule has 1 aromatic heterocycles. The lowest BCUT2D eigenvalue weighted by Gasteiger charge is -2.18. The molecule has 0 aliphatic heterocycles. The molecule has 0 saturated carbocycles. The van der Waals surface area contributed by atoms with Crippen LogP contribution >= 0.6 is 27.3 Å². The third-order valence-electron chi connectivity index (χ3n) is 2.69. The Kier molecular flexibility index (Phi) is 3.83. The topological polar surface area (TPSA) is 64.1 Å². The van der Waals surface area contributed by atoms with Gasteiger partial charge in [0.05, 0.1) is 6.04 Å². The van der Waals surface area contributed by atoms with Crippen molar-refractivity contribution in [1.82, 2.24) is 5.43 Å². The van der Waals surface area contributed by atoms with Crippen molar-refractivity contribution in [1.29, 1.82) is 0 Å². The van der Waals surface area contributed by atoms with Crippen LogP contribution in [0.3, 0.4) is 0 Å². The maximum Gasteiger partial charge on any atom is 0.0825 e. The van der Waals surface area contributed by atoms with E-state index in [1.54, 1.807) is 11.3 Å². The van der Waals surface area contributed by atoms with Crippen LogP contribution in [-0.4, -0.2) is 0 Å². The van der Waals surface area contributed by atoms with Gasteiger partial charge in [-0.3, -0.25) is 5.84 Å². The van der Waals surface area contributed by atoms with Crippen molar-refractivity contribution in [2.24, 2.45) is 5.84 Å². The molecule has 0 bridgehead atoms. The van der Waals surface area contributed by atoms with Gasteiger partial charge in [-0.15, -0.1) is 11.3 Å². The van der Waals surface area contributed by atoms with E-state index < -0.39 is 0 Å². The fourth-order valence-corrected chi connectivity index (χ4v) is 3.17. The Bertz CT molecular complexity index is 524. The van der Waals surface area contributed by atoms with Gasteiger partial charge >= 0.3 is 0 Å². The molecule has 0 amide bonds. The van der Waals surface area contributed by atoms with Crippen LogP contribution in [0.15, 0.2) is 34.1 Å². The molecule has 1 atom stereocenters. The number of halogens is 1. The first-order valence-corrected chi connectivity index (χ1v) is 6.85. The third kappa shape index (κ3) is 2.52. The largest absolute Gasteiger partial charge is 0.398 e. The summed E-state index contributed by atoms with van der Waals surface area (Å²) in [6.45, 7) is 2.07. The van der Waals surface area contributed by atoms with Crippen molar-refractivity contribution >= 4 is 33.0 Å². The first-order chi connectivity index (χ1) is 8.13. The predicted molar refractivity (Wildman–Crippen MR) is 76.8 cm³/mol. The van der Waals surface area contributed by atoms with E-state index in [0.717, 1.165) is 15.7 Å². The van der Waals surface area contributed by atoms with E-state index in [2.05, 4.69) is 39.7 Å². The first-order valence-electron chi connectivity index (χ1n) is 5.18. The summed E-state index contributed by atoms with van der Waals surface area (Å²) >= 11 is 5.13. The normalized spacial score (nSPS) is 12.6. The fraction of sp³-hybridized carbons (Fsp3) is 0.167. The van der Waals surface area contributed by atoms with Crippen LogP contribution in [0, 0.1) is 6.92 Å². The molecule has 0 aliphatic rings. The third-order valence-corrected chi connectivity index (χ3v) is 4.27. The number of nitrogen functional groups attached to an aromatic ring is 1. The zero-order valence-electron chi connectivity index (χ0n) is 9.41. The Morgan fingerprint density at radius 2 is 2.12 bits per heavy atom. The highest BCUT2D eigenvalue weighted by Crippen LogP contribution is 2.33. The minimum absolute atomic E-state index is 0.0625. The van der Waals surface area contributed by atoms with E-state index in [4.69, 9.17) is 11.6 Å². The van der Waals surface area contributed by atoms with Gasteiger partial charge in [0.25, 0.3) is 0 Å². The quantitative estimate of drug-likeness (QED) is 0.464. The van der Waals surface area contributed by atoms with Gasteiger partial charge in [-0.25, -0.2) is 5.43 Å². The maximum absolute atomic E-state index is 6.01. The van der Waals surface area contributed by atoms with E-state index >= 15 is 0 Å². The van der Waals surface area contributed by atoms with Crippen molar-refractivity contribution in [3.8, 4) is 0 Å². The number of nitrogens with one attached hydrogen (secondary N) is 1. The van der Waals surface area contributed by atoms with E-state index in [0.29, 0.717) is 0 Å². The van der Waals surface area contributed by atoms with Crippen molar-refractivity contribution < 1.29 is 0 Å². The van der Waals surface area contributed by atoms with Crippen LogP contribution in [0.25, 0.3) is 0 Å². The summed E-state index contributed by atoms with van der Waals surface area (Å²) in [6.07, 6.45) is 0. The van der Waals surface area contributed by atoms with Gasteiger partial charge in [0.2, 0.25) is 0 Å². The number of hydrogen-bond acceptors (Lipinski definition) is 4. The van der Waals surface area contributed by atoms with Crippen molar-refractivity contribution in [3.05, 3.63) is 50.1 Å². The van der Waals surface area contributed by atoms with Gasteiger partial charge < -0.3 is 5.73 Å². The van der Waals surface area contributed by atoms with Crippen LogP contribution in [-0.2, 0) is 0 Å². The molecule has 1 heterocycles. The second kappa shape index (κ2) is 5.18. The van der Waals surface area contributed by atoms with Crippen LogP contribution in [0.4, 0.5) is 5.69 Å². The Morgan fingerprint density at radius 3 is 2.71 bits per heavy atom. The van der Waals surface area contributed by atoms with Crippen molar-refractivity contribution in [2.45, 2.75) is 13.0 Å². The highest BCUT2D eigenvalue weighted by Gasteiger charge is 2.18. The lowest BCUT2D eigenvalue weighted by molar-refractivity contribution is 0.645. The summed E-state index contributed by atoms with van der Waals surface area (Å²) in [5, 5.41) is 2.06. The molecule has 0 aliphatic carbocycles. The monoisotopic (exact) mass is 311 g/mol. The van der Waals surface area contributed by atoms with E-state index in [1.807, 2.05) is 18.2 Å². The number of thiophene rings is 1. The summed E-state index contributed by atoms with van der Waals surface area (Å²) in [5.74, 6) is 5.67. The van der Waals surface area contributed by atoms with Gasteiger partial charge in [0.15, 0.2) is 0 Å². The second-order valence-electron chi connectivity index (χ2n) is 3.84. The summed E-state index contributed by atoms with van der Waals surface area (Å²) in [4.78, 5) is 1.19. The van der Waals surface area contributed by atoms with Gasteiger partial charge in [0.1, 0.15) is 0 Å². The highest BCUT2D eigenvalue weighted by atomic mass is 79.9. The molecule has 17 heavy (non-hydrogen) atoms. The smallest absolute Gasteiger partial charge is 0.0825 e. The van der Waals surface area contributed by atoms with Crippen LogP contribution in [0.2, 0.25) is 0 Å². The van der Waals surface area contributed by atoms with Crippen LogP contribution in [0.5, 0.6) is 0 Å². The average Bonchev–Trinajstić information content (AvgIpc) is 2.71. The number of hydrazine groups is 1. The van der Waals surface area contributed by atoms with Crippen molar-refractivity contribution in [3.63, 3.8) is 0 Å². The first kappa shape index (κ1) is 12.6. The van der Waals surface area contributed by atoms with Gasteiger partial charge in [-0.05, 0) is 47.7 Å². The van der Waals surface area contributed by atoms with Gasteiger partial charge in [-0.1, -0.05) is 15.9 Å². The number of benzene rings is 1. The molecule has 1 aromatic carbocycles. The number of hydrogen-bond donors (Lipinski definition) is 3. The number of aryl methyl sites for hydroxylation is 1. The number of nitrogens with two attached hydrogens (primary N) is 2. The Hall–Kier alpha value is -0.880. The average molecular weight is 312 g/mol. The summed E-state index contributed by atoms with van der Waals surface area (Å²) < 4.78 is 0.996. The number of rotatable bonds is 3. The zero-order chi connectivity index (χ0) is 12.4. The number of anilines is 1. The predicted octanol–water partition coefficient (Wildman–Crippen LogP) is 2.95. The van der Waals surface area contributed by atoms with Crippen LogP contribution < -0.4 is 17.0 Å². The molecule has 0 spiro atoms. The van der Waals surface area contributed by atoms with Gasteiger partial charge in [0, 0.05) is 15.0 Å².